The Balaban J connectivity index is 2.28. The van der Waals surface area contributed by atoms with Crippen LogP contribution in [0.1, 0.15) is 33.1 Å². The van der Waals surface area contributed by atoms with Crippen LogP contribution in [0.15, 0.2) is 0 Å². The molecule has 1 fully saturated rings. The third kappa shape index (κ3) is 5.25. The first-order valence-corrected chi connectivity index (χ1v) is 7.76. The number of rotatable bonds is 4. The van der Waals surface area contributed by atoms with Crippen LogP contribution in [0.4, 0.5) is 0 Å². The van der Waals surface area contributed by atoms with E-state index < -0.39 is 0 Å². The molecule has 0 aromatic heterocycles. The van der Waals surface area contributed by atoms with Crippen LogP contribution in [0.25, 0.3) is 0 Å². The predicted octanol–water partition coefficient (Wildman–Crippen LogP) is 2.81. The van der Waals surface area contributed by atoms with E-state index in [0.717, 1.165) is 5.33 Å². The molecule has 0 aromatic rings. The molecule has 1 rings (SSSR count). The lowest BCUT2D eigenvalue weighted by atomic mass is 9.97. The minimum atomic E-state index is -0.125. The Morgan fingerprint density at radius 3 is 2.60 bits per heavy atom. The van der Waals surface area contributed by atoms with Crippen molar-refractivity contribution in [1.82, 2.24) is 5.32 Å². The number of thioether (sulfide) groups is 1. The van der Waals surface area contributed by atoms with Gasteiger partial charge in [-0.3, -0.25) is 4.79 Å². The summed E-state index contributed by atoms with van der Waals surface area (Å²) in [5, 5.41) is 3.86. The molecule has 0 unspecified atom stereocenters. The minimum Gasteiger partial charge on any atom is -0.350 e. The van der Waals surface area contributed by atoms with E-state index in [-0.39, 0.29) is 11.4 Å². The molecule has 1 heterocycles. The molecular formula is C11H20BrNOS. The van der Waals surface area contributed by atoms with Crippen LogP contribution in [-0.2, 0) is 4.79 Å². The van der Waals surface area contributed by atoms with Crippen molar-refractivity contribution in [2.24, 2.45) is 5.92 Å². The number of halogens is 1. The van der Waals surface area contributed by atoms with Crippen LogP contribution in [0.5, 0.6) is 0 Å². The predicted molar refractivity (Wildman–Crippen MR) is 70.7 cm³/mol. The smallest absolute Gasteiger partial charge is 0.220 e. The van der Waals surface area contributed by atoms with Gasteiger partial charge in [0.05, 0.1) is 0 Å². The number of alkyl halides is 1. The molecule has 4 heteroatoms. The number of carbonyl (C=O) groups is 1. The average Bonchev–Trinajstić information content (AvgIpc) is 2.18. The summed E-state index contributed by atoms with van der Waals surface area (Å²) < 4.78 is 0. The van der Waals surface area contributed by atoms with Gasteiger partial charge in [0.25, 0.3) is 0 Å². The van der Waals surface area contributed by atoms with E-state index in [1.165, 1.54) is 24.3 Å². The molecule has 88 valence electrons. The van der Waals surface area contributed by atoms with Gasteiger partial charge in [0.15, 0.2) is 0 Å². The molecule has 0 bridgehead atoms. The molecule has 0 aromatic carbocycles. The van der Waals surface area contributed by atoms with Gasteiger partial charge in [0.1, 0.15) is 0 Å². The van der Waals surface area contributed by atoms with Gasteiger partial charge in [-0.2, -0.15) is 11.8 Å². The van der Waals surface area contributed by atoms with Crippen molar-refractivity contribution in [3.63, 3.8) is 0 Å². The molecule has 0 aliphatic carbocycles. The molecule has 1 aliphatic rings. The van der Waals surface area contributed by atoms with E-state index in [1.54, 1.807) is 0 Å². The molecule has 0 radical (unpaired) electrons. The fourth-order valence-corrected chi connectivity index (χ4v) is 3.02. The van der Waals surface area contributed by atoms with Crippen LogP contribution in [0.3, 0.4) is 0 Å². The first-order chi connectivity index (χ1) is 7.03. The van der Waals surface area contributed by atoms with Gasteiger partial charge in [-0.05, 0) is 44.1 Å². The Bertz CT molecular complexity index is 215. The first kappa shape index (κ1) is 13.4. The van der Waals surface area contributed by atoms with Crippen molar-refractivity contribution in [1.29, 1.82) is 0 Å². The highest BCUT2D eigenvalue weighted by Crippen LogP contribution is 2.25. The van der Waals surface area contributed by atoms with Gasteiger partial charge in [-0.15, -0.1) is 0 Å². The maximum Gasteiger partial charge on any atom is 0.220 e. The van der Waals surface area contributed by atoms with Crippen molar-refractivity contribution >= 4 is 33.6 Å². The molecule has 1 saturated heterocycles. The molecule has 1 N–H and O–H groups in total. The zero-order chi connectivity index (χ0) is 11.3. The third-order valence-electron chi connectivity index (χ3n) is 2.63. The quantitative estimate of drug-likeness (QED) is 0.808. The summed E-state index contributed by atoms with van der Waals surface area (Å²) in [4.78, 5) is 11.7. The second-order valence-corrected chi connectivity index (χ2v) is 6.61. The normalized spacial score (nSPS) is 18.9. The van der Waals surface area contributed by atoms with Crippen molar-refractivity contribution in [3.8, 4) is 0 Å². The lowest BCUT2D eigenvalue weighted by Crippen LogP contribution is -2.45. The molecule has 1 amide bonds. The molecule has 1 aliphatic heterocycles. The number of hydrogen-bond acceptors (Lipinski definition) is 2. The van der Waals surface area contributed by atoms with Gasteiger partial charge in [-0.1, -0.05) is 15.9 Å². The largest absolute Gasteiger partial charge is 0.350 e. The Labute approximate surface area is 105 Å². The van der Waals surface area contributed by atoms with Gasteiger partial charge in [-0.25, -0.2) is 0 Å². The van der Waals surface area contributed by atoms with Crippen LogP contribution in [-0.4, -0.2) is 28.3 Å². The van der Waals surface area contributed by atoms with Crippen molar-refractivity contribution < 1.29 is 4.79 Å². The highest BCUT2D eigenvalue weighted by Gasteiger charge is 2.22. The van der Waals surface area contributed by atoms with Crippen LogP contribution >= 0.6 is 27.7 Å². The standard InChI is InChI=1S/C11H20BrNOS/c1-11(2,8-12)13-10(14)7-9-3-5-15-6-4-9/h9H,3-8H2,1-2H3,(H,13,14). The summed E-state index contributed by atoms with van der Waals surface area (Å²) in [6.45, 7) is 4.08. The molecule has 0 atom stereocenters. The monoisotopic (exact) mass is 293 g/mol. The summed E-state index contributed by atoms with van der Waals surface area (Å²) in [7, 11) is 0. The lowest BCUT2D eigenvalue weighted by molar-refractivity contribution is -0.123. The van der Waals surface area contributed by atoms with E-state index in [1.807, 2.05) is 25.6 Å². The summed E-state index contributed by atoms with van der Waals surface area (Å²) in [6.07, 6.45) is 3.11. The lowest BCUT2D eigenvalue weighted by Gasteiger charge is -2.26. The highest BCUT2D eigenvalue weighted by atomic mass is 79.9. The van der Waals surface area contributed by atoms with Gasteiger partial charge >= 0.3 is 0 Å². The average molecular weight is 294 g/mol. The Kier molecular flexibility index (Phi) is 5.47. The number of hydrogen-bond donors (Lipinski definition) is 1. The van der Waals surface area contributed by atoms with Crippen LogP contribution in [0.2, 0.25) is 0 Å². The molecule has 15 heavy (non-hydrogen) atoms. The molecule has 0 saturated carbocycles. The summed E-state index contributed by atoms with van der Waals surface area (Å²) in [5.74, 6) is 3.26. The molecule has 2 nitrogen and oxygen atoms in total. The van der Waals surface area contributed by atoms with Gasteiger partial charge in [0, 0.05) is 17.3 Å². The highest BCUT2D eigenvalue weighted by molar-refractivity contribution is 9.09. The van der Waals surface area contributed by atoms with Crippen molar-refractivity contribution in [2.75, 3.05) is 16.8 Å². The van der Waals surface area contributed by atoms with E-state index in [4.69, 9.17) is 0 Å². The molecule has 0 spiro atoms. The van der Waals surface area contributed by atoms with Gasteiger partial charge in [0.2, 0.25) is 5.91 Å². The number of amides is 1. The van der Waals surface area contributed by atoms with E-state index >= 15 is 0 Å². The van der Waals surface area contributed by atoms with Crippen molar-refractivity contribution in [3.05, 3.63) is 0 Å². The second-order valence-electron chi connectivity index (χ2n) is 4.83. The second kappa shape index (κ2) is 6.14. The SMILES string of the molecule is CC(C)(CBr)NC(=O)CC1CCSCC1. The number of nitrogens with one attached hydrogen (secondary N) is 1. The topological polar surface area (TPSA) is 29.1 Å². The maximum absolute atomic E-state index is 11.7. The van der Waals surface area contributed by atoms with E-state index in [0.29, 0.717) is 12.3 Å². The number of carbonyl (C=O) groups excluding carboxylic acids is 1. The Morgan fingerprint density at radius 1 is 1.47 bits per heavy atom. The summed E-state index contributed by atoms with van der Waals surface area (Å²) in [5.41, 5.74) is -0.125. The van der Waals surface area contributed by atoms with Crippen molar-refractivity contribution in [2.45, 2.75) is 38.6 Å². The van der Waals surface area contributed by atoms with Gasteiger partial charge < -0.3 is 5.32 Å². The minimum absolute atomic E-state index is 0.125. The summed E-state index contributed by atoms with van der Waals surface area (Å²) in [6, 6.07) is 0. The first-order valence-electron chi connectivity index (χ1n) is 5.48. The zero-order valence-electron chi connectivity index (χ0n) is 9.51. The van der Waals surface area contributed by atoms with E-state index in [9.17, 15) is 4.79 Å². The Hall–Kier alpha value is 0.300. The fraction of sp³-hybridized carbons (Fsp3) is 0.909. The molecular weight excluding hydrogens is 274 g/mol. The third-order valence-corrected chi connectivity index (χ3v) is 5.08. The maximum atomic E-state index is 11.7. The van der Waals surface area contributed by atoms with E-state index in [2.05, 4.69) is 21.2 Å². The fourth-order valence-electron chi connectivity index (χ4n) is 1.67. The van der Waals surface area contributed by atoms with Crippen LogP contribution in [0, 0.1) is 5.92 Å². The summed E-state index contributed by atoms with van der Waals surface area (Å²) >= 11 is 5.41. The Morgan fingerprint density at radius 2 is 2.07 bits per heavy atom. The zero-order valence-corrected chi connectivity index (χ0v) is 11.9. The van der Waals surface area contributed by atoms with Crippen LogP contribution < -0.4 is 5.32 Å².